The predicted octanol–water partition coefficient (Wildman–Crippen LogP) is 0.120. The van der Waals surface area contributed by atoms with Gasteiger partial charge in [-0.3, -0.25) is 14.4 Å². The molecule has 0 saturated carbocycles. The summed E-state index contributed by atoms with van der Waals surface area (Å²) in [6.07, 6.45) is 1.68. The normalized spacial score (nSPS) is 18.5. The third kappa shape index (κ3) is 4.48. The SMILES string of the molecule is NC(=O)[C@H](Cc1ccccc1)NC(=O)[C@@H]1CCCN1C(=O)CS. The minimum atomic E-state index is -0.793. The smallest absolute Gasteiger partial charge is 0.243 e. The van der Waals surface area contributed by atoms with E-state index >= 15 is 0 Å². The number of carbonyl (C=O) groups is 3. The Kier molecular flexibility index (Phi) is 6.04. The van der Waals surface area contributed by atoms with Gasteiger partial charge in [-0.2, -0.15) is 12.6 Å². The number of hydrogen-bond donors (Lipinski definition) is 3. The van der Waals surface area contributed by atoms with Crippen LogP contribution in [0.4, 0.5) is 0 Å². The van der Waals surface area contributed by atoms with Crippen molar-refractivity contribution >= 4 is 30.4 Å². The first-order valence-electron chi connectivity index (χ1n) is 7.57. The summed E-state index contributed by atoms with van der Waals surface area (Å²) in [6.45, 7) is 0.539. The number of rotatable bonds is 6. The van der Waals surface area contributed by atoms with Crippen molar-refractivity contribution in [1.82, 2.24) is 10.2 Å². The number of amides is 3. The largest absolute Gasteiger partial charge is 0.368 e. The first kappa shape index (κ1) is 17.3. The number of thiol groups is 1. The van der Waals surface area contributed by atoms with Gasteiger partial charge in [-0.1, -0.05) is 30.3 Å². The van der Waals surface area contributed by atoms with Gasteiger partial charge in [-0.05, 0) is 18.4 Å². The van der Waals surface area contributed by atoms with E-state index in [1.165, 1.54) is 4.90 Å². The van der Waals surface area contributed by atoms with Crippen LogP contribution >= 0.6 is 12.6 Å². The molecule has 1 aromatic carbocycles. The van der Waals surface area contributed by atoms with Crippen molar-refractivity contribution in [1.29, 1.82) is 0 Å². The summed E-state index contributed by atoms with van der Waals surface area (Å²) in [7, 11) is 0. The van der Waals surface area contributed by atoms with Crippen molar-refractivity contribution in [2.24, 2.45) is 5.73 Å². The van der Waals surface area contributed by atoms with Gasteiger partial charge >= 0.3 is 0 Å². The Morgan fingerprint density at radius 1 is 1.30 bits per heavy atom. The van der Waals surface area contributed by atoms with E-state index in [-0.39, 0.29) is 17.6 Å². The Balaban J connectivity index is 2.03. The Morgan fingerprint density at radius 2 is 2.00 bits per heavy atom. The fraction of sp³-hybridized carbons (Fsp3) is 0.438. The standard InChI is InChI=1S/C16H21N3O3S/c17-15(21)12(9-11-5-2-1-3-6-11)18-16(22)13-7-4-8-19(13)14(20)10-23/h1-3,5-6,12-13,23H,4,7-10H2,(H2,17,21)(H,18,22)/t12-,13-/m0/s1. The number of nitrogens with two attached hydrogens (primary N) is 1. The molecule has 0 aromatic heterocycles. The van der Waals surface area contributed by atoms with Crippen molar-refractivity contribution in [3.8, 4) is 0 Å². The summed E-state index contributed by atoms with van der Waals surface area (Å²) < 4.78 is 0. The molecule has 0 radical (unpaired) electrons. The van der Waals surface area contributed by atoms with Gasteiger partial charge in [-0.15, -0.1) is 0 Å². The molecule has 3 amide bonds. The highest BCUT2D eigenvalue weighted by Gasteiger charge is 2.34. The zero-order chi connectivity index (χ0) is 16.8. The number of likely N-dealkylation sites (tertiary alicyclic amines) is 1. The molecule has 1 aliphatic heterocycles. The molecule has 0 bridgehead atoms. The van der Waals surface area contributed by atoms with E-state index in [9.17, 15) is 14.4 Å². The van der Waals surface area contributed by atoms with Crippen LogP contribution in [0.5, 0.6) is 0 Å². The van der Waals surface area contributed by atoms with E-state index in [0.717, 1.165) is 12.0 Å². The van der Waals surface area contributed by atoms with E-state index in [0.29, 0.717) is 19.4 Å². The lowest BCUT2D eigenvalue weighted by molar-refractivity contribution is -0.137. The summed E-state index contributed by atoms with van der Waals surface area (Å²) in [4.78, 5) is 37.4. The molecule has 2 rings (SSSR count). The van der Waals surface area contributed by atoms with E-state index in [2.05, 4.69) is 17.9 Å². The van der Waals surface area contributed by atoms with Crippen LogP contribution in [0.3, 0.4) is 0 Å². The van der Waals surface area contributed by atoms with Gasteiger partial charge in [-0.25, -0.2) is 0 Å². The fourth-order valence-corrected chi connectivity index (χ4v) is 2.95. The Bertz CT molecular complexity index is 579. The number of hydrogen-bond acceptors (Lipinski definition) is 4. The van der Waals surface area contributed by atoms with Gasteiger partial charge in [0, 0.05) is 13.0 Å². The van der Waals surface area contributed by atoms with Gasteiger partial charge < -0.3 is 16.0 Å². The molecular formula is C16H21N3O3S. The quantitative estimate of drug-likeness (QED) is 0.645. The molecule has 1 saturated heterocycles. The second-order valence-corrected chi connectivity index (χ2v) is 5.87. The third-order valence-electron chi connectivity index (χ3n) is 3.95. The maximum absolute atomic E-state index is 12.4. The lowest BCUT2D eigenvalue weighted by Gasteiger charge is -2.25. The average molecular weight is 335 g/mol. The number of carbonyl (C=O) groups excluding carboxylic acids is 3. The minimum absolute atomic E-state index is 0.0625. The molecule has 23 heavy (non-hydrogen) atoms. The van der Waals surface area contributed by atoms with Crippen LogP contribution in [0.1, 0.15) is 18.4 Å². The van der Waals surface area contributed by atoms with Crippen LogP contribution in [0.2, 0.25) is 0 Å². The molecule has 1 heterocycles. The molecule has 1 aliphatic rings. The summed E-state index contributed by atoms with van der Waals surface area (Å²) in [5.74, 6) is -1.04. The first-order valence-corrected chi connectivity index (χ1v) is 8.20. The summed E-state index contributed by atoms with van der Waals surface area (Å²) in [5.41, 5.74) is 6.31. The maximum atomic E-state index is 12.4. The highest BCUT2D eigenvalue weighted by atomic mass is 32.1. The molecule has 2 atom stereocenters. The molecule has 6 nitrogen and oxygen atoms in total. The summed E-state index contributed by atoms with van der Waals surface area (Å²) >= 11 is 3.97. The molecule has 0 spiro atoms. The number of primary amides is 1. The summed E-state index contributed by atoms with van der Waals surface area (Å²) in [5, 5.41) is 2.68. The molecular weight excluding hydrogens is 314 g/mol. The Labute approximate surface area is 140 Å². The van der Waals surface area contributed by atoms with Gasteiger partial charge in [0.25, 0.3) is 0 Å². The van der Waals surface area contributed by atoms with Gasteiger partial charge in [0.15, 0.2) is 0 Å². The van der Waals surface area contributed by atoms with E-state index in [4.69, 9.17) is 5.73 Å². The topological polar surface area (TPSA) is 92.5 Å². The molecule has 124 valence electrons. The fourth-order valence-electron chi connectivity index (χ4n) is 2.77. The second-order valence-electron chi connectivity index (χ2n) is 5.56. The van der Waals surface area contributed by atoms with Crippen molar-refractivity contribution < 1.29 is 14.4 Å². The Hall–Kier alpha value is -2.02. The third-order valence-corrected chi connectivity index (χ3v) is 4.22. The molecule has 7 heteroatoms. The lowest BCUT2D eigenvalue weighted by Crippen LogP contribution is -2.53. The van der Waals surface area contributed by atoms with Gasteiger partial charge in [0.1, 0.15) is 12.1 Å². The maximum Gasteiger partial charge on any atom is 0.243 e. The van der Waals surface area contributed by atoms with E-state index < -0.39 is 18.0 Å². The van der Waals surface area contributed by atoms with Crippen LogP contribution in [0, 0.1) is 0 Å². The average Bonchev–Trinajstić information content (AvgIpc) is 3.04. The second kappa shape index (κ2) is 8.01. The zero-order valence-electron chi connectivity index (χ0n) is 12.8. The van der Waals surface area contributed by atoms with Gasteiger partial charge in [0.05, 0.1) is 5.75 Å². The van der Waals surface area contributed by atoms with Crippen LogP contribution in [0.15, 0.2) is 30.3 Å². The van der Waals surface area contributed by atoms with Crippen molar-refractivity contribution in [2.75, 3.05) is 12.3 Å². The van der Waals surface area contributed by atoms with Crippen LogP contribution < -0.4 is 11.1 Å². The first-order chi connectivity index (χ1) is 11.0. The van der Waals surface area contributed by atoms with E-state index in [1.54, 1.807) is 0 Å². The van der Waals surface area contributed by atoms with Crippen molar-refractivity contribution in [3.63, 3.8) is 0 Å². The molecule has 0 aliphatic carbocycles. The van der Waals surface area contributed by atoms with Crippen molar-refractivity contribution in [3.05, 3.63) is 35.9 Å². The monoisotopic (exact) mass is 335 g/mol. The molecule has 1 fully saturated rings. The lowest BCUT2D eigenvalue weighted by atomic mass is 10.0. The Morgan fingerprint density at radius 3 is 2.61 bits per heavy atom. The molecule has 0 unspecified atom stereocenters. The molecule has 1 aromatic rings. The minimum Gasteiger partial charge on any atom is -0.368 e. The van der Waals surface area contributed by atoms with Crippen LogP contribution in [-0.4, -0.2) is 47.0 Å². The highest BCUT2D eigenvalue weighted by molar-refractivity contribution is 7.81. The number of nitrogens with one attached hydrogen (secondary N) is 1. The number of benzene rings is 1. The highest BCUT2D eigenvalue weighted by Crippen LogP contribution is 2.18. The zero-order valence-corrected chi connectivity index (χ0v) is 13.7. The van der Waals surface area contributed by atoms with Crippen molar-refractivity contribution in [2.45, 2.75) is 31.3 Å². The van der Waals surface area contributed by atoms with Gasteiger partial charge in [0.2, 0.25) is 17.7 Å². The predicted molar refractivity (Wildman–Crippen MR) is 89.9 cm³/mol. The number of nitrogens with zero attached hydrogens (tertiary/aromatic N) is 1. The van der Waals surface area contributed by atoms with E-state index in [1.807, 2.05) is 30.3 Å². The van der Waals surface area contributed by atoms with Crippen LogP contribution in [0.25, 0.3) is 0 Å². The summed E-state index contributed by atoms with van der Waals surface area (Å²) in [6, 6.07) is 7.99. The van der Waals surface area contributed by atoms with Crippen LogP contribution in [-0.2, 0) is 20.8 Å². The molecule has 3 N–H and O–H groups in total.